The Morgan fingerprint density at radius 2 is 1.56 bits per heavy atom. The molecule has 0 unspecified atom stereocenters. The number of nitrogens with one attached hydrogen (secondary N) is 1. The Morgan fingerprint density at radius 3 is 2.18 bits per heavy atom. The van der Waals surface area contributed by atoms with Crippen molar-refractivity contribution in [2.45, 2.75) is 65.1 Å². The van der Waals surface area contributed by atoms with Crippen molar-refractivity contribution in [1.82, 2.24) is 10.2 Å². The normalized spacial score (nSPS) is 12.2. The lowest BCUT2D eigenvalue weighted by Crippen LogP contribution is -2.52. The van der Waals surface area contributed by atoms with Gasteiger partial charge < -0.3 is 10.2 Å². The fraction of sp³-hybridized carbons (Fsp3) is 0.333. The second-order valence-corrected chi connectivity index (χ2v) is 12.3. The molecular formula is C30H36ClN3O4S. The van der Waals surface area contributed by atoms with E-state index in [1.165, 1.54) is 17.0 Å². The molecule has 0 spiro atoms. The standard InChI is InChI=1S/C30H36ClN3O4S/c1-20(2)32-30(36)24(6)33(18-25-10-8-11-26(31)17-25)29(35)19-34(28-12-7-9-22(4)23(28)5)39(37,38)27-15-13-21(3)14-16-27/h7-17,20,24H,18-19H2,1-6H3,(H,32,36)/t24-/m0/s1. The van der Waals surface area contributed by atoms with E-state index >= 15 is 0 Å². The van der Waals surface area contributed by atoms with Gasteiger partial charge >= 0.3 is 0 Å². The molecule has 0 aliphatic rings. The first-order valence-corrected chi connectivity index (χ1v) is 14.6. The fourth-order valence-corrected chi connectivity index (χ4v) is 5.86. The number of hydrogen-bond acceptors (Lipinski definition) is 4. The van der Waals surface area contributed by atoms with Gasteiger partial charge in [-0.2, -0.15) is 0 Å². The van der Waals surface area contributed by atoms with E-state index < -0.39 is 28.5 Å². The quantitative estimate of drug-likeness (QED) is 0.354. The van der Waals surface area contributed by atoms with Gasteiger partial charge in [0.25, 0.3) is 10.0 Å². The summed E-state index contributed by atoms with van der Waals surface area (Å²) in [6.07, 6.45) is 0. The van der Waals surface area contributed by atoms with Crippen LogP contribution in [0, 0.1) is 20.8 Å². The summed E-state index contributed by atoms with van der Waals surface area (Å²) in [5.74, 6) is -0.849. The summed E-state index contributed by atoms with van der Waals surface area (Å²) in [5, 5.41) is 3.35. The van der Waals surface area contributed by atoms with Crippen molar-refractivity contribution in [2.75, 3.05) is 10.8 Å². The lowest BCUT2D eigenvalue weighted by atomic mass is 10.1. The number of anilines is 1. The molecule has 0 aromatic heterocycles. The van der Waals surface area contributed by atoms with E-state index in [2.05, 4.69) is 5.32 Å². The van der Waals surface area contributed by atoms with Crippen molar-refractivity contribution in [3.05, 3.63) is 94.0 Å². The minimum Gasteiger partial charge on any atom is -0.352 e. The van der Waals surface area contributed by atoms with Gasteiger partial charge in [-0.25, -0.2) is 8.42 Å². The second-order valence-electron chi connectivity index (χ2n) is 10.0. The third kappa shape index (κ3) is 7.40. The van der Waals surface area contributed by atoms with Crippen molar-refractivity contribution in [1.29, 1.82) is 0 Å². The van der Waals surface area contributed by atoms with Gasteiger partial charge in [-0.1, -0.05) is 53.6 Å². The van der Waals surface area contributed by atoms with Crippen molar-refractivity contribution < 1.29 is 18.0 Å². The number of rotatable bonds is 10. The molecular weight excluding hydrogens is 534 g/mol. The van der Waals surface area contributed by atoms with Gasteiger partial charge in [-0.05, 0) is 88.6 Å². The van der Waals surface area contributed by atoms with Crippen LogP contribution in [0.5, 0.6) is 0 Å². The minimum atomic E-state index is -4.12. The average Bonchev–Trinajstić information content (AvgIpc) is 2.87. The molecule has 0 bridgehead atoms. The first-order chi connectivity index (χ1) is 18.3. The fourth-order valence-electron chi connectivity index (χ4n) is 4.18. The summed E-state index contributed by atoms with van der Waals surface area (Å²) < 4.78 is 29.1. The Labute approximate surface area is 236 Å². The highest BCUT2D eigenvalue weighted by Gasteiger charge is 2.33. The van der Waals surface area contributed by atoms with Gasteiger partial charge in [0.1, 0.15) is 12.6 Å². The number of carbonyl (C=O) groups excluding carboxylic acids is 2. The summed E-state index contributed by atoms with van der Waals surface area (Å²) in [6.45, 7) is 10.5. The maximum atomic E-state index is 14.0. The van der Waals surface area contributed by atoms with E-state index in [-0.39, 0.29) is 23.4 Å². The van der Waals surface area contributed by atoms with Gasteiger partial charge in [0.2, 0.25) is 11.8 Å². The summed E-state index contributed by atoms with van der Waals surface area (Å²) in [6, 6.07) is 17.9. The monoisotopic (exact) mass is 569 g/mol. The molecule has 9 heteroatoms. The molecule has 1 N–H and O–H groups in total. The van der Waals surface area contributed by atoms with Crippen LogP contribution in [-0.4, -0.2) is 43.8 Å². The molecule has 39 heavy (non-hydrogen) atoms. The molecule has 0 radical (unpaired) electrons. The predicted octanol–water partition coefficient (Wildman–Crippen LogP) is 5.40. The lowest BCUT2D eigenvalue weighted by molar-refractivity contribution is -0.139. The molecule has 0 aliphatic heterocycles. The zero-order valence-electron chi connectivity index (χ0n) is 23.2. The average molecular weight is 570 g/mol. The SMILES string of the molecule is Cc1ccc(S(=O)(=O)N(CC(=O)N(Cc2cccc(Cl)c2)[C@@H](C)C(=O)NC(C)C)c2cccc(C)c2C)cc1. The molecule has 0 heterocycles. The number of nitrogens with zero attached hydrogens (tertiary/aromatic N) is 2. The molecule has 7 nitrogen and oxygen atoms in total. The number of halogens is 1. The number of carbonyl (C=O) groups is 2. The van der Waals surface area contributed by atoms with E-state index in [1.807, 2.05) is 46.8 Å². The van der Waals surface area contributed by atoms with Gasteiger partial charge in [-0.15, -0.1) is 0 Å². The molecule has 2 amide bonds. The van der Waals surface area contributed by atoms with Gasteiger partial charge in [0, 0.05) is 17.6 Å². The molecule has 3 rings (SSSR count). The number of amides is 2. The Hall–Kier alpha value is -3.36. The highest BCUT2D eigenvalue weighted by molar-refractivity contribution is 7.92. The van der Waals surface area contributed by atoms with E-state index in [4.69, 9.17) is 11.6 Å². The topological polar surface area (TPSA) is 86.8 Å². The van der Waals surface area contributed by atoms with E-state index in [0.717, 1.165) is 26.6 Å². The number of benzene rings is 3. The van der Waals surface area contributed by atoms with Crippen LogP contribution in [0.1, 0.15) is 43.0 Å². The maximum absolute atomic E-state index is 14.0. The molecule has 3 aromatic rings. The van der Waals surface area contributed by atoms with Crippen LogP contribution in [0.3, 0.4) is 0 Å². The Kier molecular flexibility index (Phi) is 9.80. The third-order valence-corrected chi connectivity index (χ3v) is 8.58. The number of aryl methyl sites for hydroxylation is 2. The van der Waals surface area contributed by atoms with Crippen molar-refractivity contribution in [2.24, 2.45) is 0 Å². The van der Waals surface area contributed by atoms with Crippen molar-refractivity contribution in [3.8, 4) is 0 Å². The Balaban J connectivity index is 2.08. The Morgan fingerprint density at radius 1 is 0.923 bits per heavy atom. The molecule has 1 atom stereocenters. The zero-order valence-corrected chi connectivity index (χ0v) is 24.8. The van der Waals surface area contributed by atoms with E-state index in [1.54, 1.807) is 49.4 Å². The predicted molar refractivity (Wildman–Crippen MR) is 156 cm³/mol. The second kappa shape index (κ2) is 12.7. The van der Waals surface area contributed by atoms with Crippen LogP contribution < -0.4 is 9.62 Å². The first-order valence-electron chi connectivity index (χ1n) is 12.8. The first kappa shape index (κ1) is 30.2. The summed E-state index contributed by atoms with van der Waals surface area (Å²) in [5.41, 5.74) is 3.68. The van der Waals surface area contributed by atoms with Crippen molar-refractivity contribution >= 4 is 39.1 Å². The highest BCUT2D eigenvalue weighted by Crippen LogP contribution is 2.29. The van der Waals surface area contributed by atoms with Gasteiger partial charge in [0.05, 0.1) is 10.6 Å². The van der Waals surface area contributed by atoms with Crippen LogP contribution in [0.15, 0.2) is 71.6 Å². The Bertz CT molecular complexity index is 1440. The minimum absolute atomic E-state index is 0.0776. The maximum Gasteiger partial charge on any atom is 0.264 e. The zero-order chi connectivity index (χ0) is 28.9. The molecule has 3 aromatic carbocycles. The third-order valence-electron chi connectivity index (χ3n) is 6.57. The molecule has 0 fully saturated rings. The number of sulfonamides is 1. The molecule has 0 aliphatic carbocycles. The van der Waals surface area contributed by atoms with E-state index in [0.29, 0.717) is 10.7 Å². The van der Waals surface area contributed by atoms with Crippen LogP contribution in [-0.2, 0) is 26.2 Å². The molecule has 0 saturated carbocycles. The highest BCUT2D eigenvalue weighted by atomic mass is 35.5. The smallest absolute Gasteiger partial charge is 0.264 e. The van der Waals surface area contributed by atoms with Crippen LogP contribution >= 0.6 is 11.6 Å². The van der Waals surface area contributed by atoms with Crippen LogP contribution in [0.4, 0.5) is 5.69 Å². The van der Waals surface area contributed by atoms with Gasteiger partial charge in [0.15, 0.2) is 0 Å². The summed E-state index contributed by atoms with van der Waals surface area (Å²) >= 11 is 6.18. The van der Waals surface area contributed by atoms with Gasteiger partial charge in [-0.3, -0.25) is 13.9 Å². The van der Waals surface area contributed by atoms with Crippen LogP contribution in [0.2, 0.25) is 5.02 Å². The number of hydrogen-bond donors (Lipinski definition) is 1. The van der Waals surface area contributed by atoms with Crippen molar-refractivity contribution in [3.63, 3.8) is 0 Å². The van der Waals surface area contributed by atoms with Crippen LogP contribution in [0.25, 0.3) is 0 Å². The van der Waals surface area contributed by atoms with E-state index in [9.17, 15) is 18.0 Å². The molecule has 208 valence electrons. The summed E-state index contributed by atoms with van der Waals surface area (Å²) in [7, 11) is -4.12. The summed E-state index contributed by atoms with van der Waals surface area (Å²) in [4.78, 5) is 28.5. The molecule has 0 saturated heterocycles. The largest absolute Gasteiger partial charge is 0.352 e. The lowest BCUT2D eigenvalue weighted by Gasteiger charge is -2.33.